The number of carbonyl (C=O) groups is 3. The molecule has 1 saturated heterocycles. The molecule has 9 nitrogen and oxygen atoms in total. The molecule has 0 bridgehead atoms. The molecular formula is C29H33ClN4O5. The molecule has 0 spiro atoms. The predicted octanol–water partition coefficient (Wildman–Crippen LogP) is 3.88. The lowest BCUT2D eigenvalue weighted by Crippen LogP contribution is -2.53. The number of nitrogens with one attached hydrogen (secondary N) is 1. The number of ether oxygens (including phenoxy) is 2. The van der Waals surface area contributed by atoms with Gasteiger partial charge in [0.15, 0.2) is 0 Å². The molecule has 1 unspecified atom stereocenters. The van der Waals surface area contributed by atoms with Crippen molar-refractivity contribution in [1.29, 1.82) is 0 Å². The van der Waals surface area contributed by atoms with Crippen LogP contribution < -0.4 is 10.1 Å². The van der Waals surface area contributed by atoms with Gasteiger partial charge in [0.25, 0.3) is 5.91 Å². The minimum Gasteiger partial charge on any atom is -0.497 e. The van der Waals surface area contributed by atoms with Crippen molar-refractivity contribution in [3.05, 3.63) is 88.6 Å². The summed E-state index contributed by atoms with van der Waals surface area (Å²) in [4.78, 5) is 45.1. The van der Waals surface area contributed by atoms with Crippen molar-refractivity contribution in [1.82, 2.24) is 20.0 Å². The fourth-order valence-corrected chi connectivity index (χ4v) is 4.94. The van der Waals surface area contributed by atoms with E-state index in [0.717, 1.165) is 5.56 Å². The summed E-state index contributed by atoms with van der Waals surface area (Å²) in [6.07, 6.45) is 1.62. The lowest BCUT2D eigenvalue weighted by atomic mass is 9.94. The first-order valence-electron chi connectivity index (χ1n) is 12.9. The summed E-state index contributed by atoms with van der Waals surface area (Å²) in [5, 5.41) is 3.50. The molecule has 39 heavy (non-hydrogen) atoms. The fraction of sp³-hybridized carbons (Fsp3) is 0.345. The second-order valence-electron chi connectivity index (χ2n) is 9.21. The molecule has 2 aromatic carbocycles. The van der Waals surface area contributed by atoms with Gasteiger partial charge in [0.1, 0.15) is 5.75 Å². The minimum absolute atomic E-state index is 0.0619. The lowest BCUT2D eigenvalue weighted by Gasteiger charge is -2.40. The highest BCUT2D eigenvalue weighted by atomic mass is 35.5. The molecule has 3 amide bonds. The van der Waals surface area contributed by atoms with E-state index in [2.05, 4.69) is 16.8 Å². The molecule has 4 rings (SSSR count). The van der Waals surface area contributed by atoms with Gasteiger partial charge >= 0.3 is 12.0 Å². The smallest absolute Gasteiger partial charge is 0.338 e. The van der Waals surface area contributed by atoms with E-state index < -0.39 is 12.0 Å². The number of carbonyl (C=O) groups excluding carboxylic acids is 3. The van der Waals surface area contributed by atoms with E-state index in [-0.39, 0.29) is 25.1 Å². The van der Waals surface area contributed by atoms with Crippen LogP contribution in [0.15, 0.2) is 72.5 Å². The summed E-state index contributed by atoms with van der Waals surface area (Å²) in [7, 11) is 1.57. The van der Waals surface area contributed by atoms with E-state index >= 15 is 0 Å². The highest BCUT2D eigenvalue weighted by Crippen LogP contribution is 2.33. The van der Waals surface area contributed by atoms with Gasteiger partial charge in [-0.15, -0.1) is 6.58 Å². The van der Waals surface area contributed by atoms with Gasteiger partial charge in [-0.05, 0) is 42.8 Å². The Morgan fingerprint density at radius 1 is 1.13 bits per heavy atom. The summed E-state index contributed by atoms with van der Waals surface area (Å²) in [6, 6.07) is 13.1. The van der Waals surface area contributed by atoms with E-state index in [0.29, 0.717) is 60.3 Å². The topological polar surface area (TPSA) is 91.4 Å². The molecule has 10 heteroatoms. The van der Waals surface area contributed by atoms with E-state index in [4.69, 9.17) is 21.1 Å². The molecule has 1 atom stereocenters. The Bertz CT molecular complexity index is 1250. The zero-order chi connectivity index (χ0) is 27.9. The zero-order valence-electron chi connectivity index (χ0n) is 22.2. The zero-order valence-corrected chi connectivity index (χ0v) is 22.9. The number of benzene rings is 2. The molecule has 0 radical (unpaired) electrons. The molecule has 2 aliphatic heterocycles. The Balaban J connectivity index is 1.60. The Labute approximate surface area is 233 Å². The molecule has 2 aromatic rings. The van der Waals surface area contributed by atoms with Crippen LogP contribution in [-0.4, -0.2) is 85.6 Å². The molecule has 0 aromatic heterocycles. The number of methoxy groups -OCH3 is 1. The number of piperazine rings is 1. The monoisotopic (exact) mass is 552 g/mol. The van der Waals surface area contributed by atoms with Gasteiger partial charge in [0, 0.05) is 55.6 Å². The number of urea groups is 1. The minimum atomic E-state index is -0.694. The van der Waals surface area contributed by atoms with Gasteiger partial charge in [-0.3, -0.25) is 14.6 Å². The van der Waals surface area contributed by atoms with Crippen LogP contribution in [0.2, 0.25) is 5.02 Å². The average molecular weight is 553 g/mol. The standard InChI is InChI=1S/C29H33ClN4O5/c1-4-13-34-24(19-32-14-16-33(17-15-32)27(35)21-7-6-8-23(18-21)38-3)25(28(36)39-5-2)26(31-29(34)37)20-9-11-22(30)12-10-20/h4,6-12,18,26H,1,5,13-17,19H2,2-3H3,(H,31,37). The largest absolute Gasteiger partial charge is 0.497 e. The van der Waals surface area contributed by atoms with Gasteiger partial charge in [0.2, 0.25) is 0 Å². The van der Waals surface area contributed by atoms with Gasteiger partial charge in [-0.25, -0.2) is 9.59 Å². The molecule has 0 aliphatic carbocycles. The van der Waals surface area contributed by atoms with Crippen LogP contribution in [0.25, 0.3) is 0 Å². The van der Waals surface area contributed by atoms with Crippen molar-refractivity contribution in [2.75, 3.05) is 53.0 Å². The molecule has 2 heterocycles. The first-order chi connectivity index (χ1) is 18.9. The Morgan fingerprint density at radius 3 is 2.49 bits per heavy atom. The average Bonchev–Trinajstić information content (AvgIpc) is 2.95. The van der Waals surface area contributed by atoms with Crippen LogP contribution in [0.5, 0.6) is 5.75 Å². The second kappa shape index (κ2) is 12.8. The lowest BCUT2D eigenvalue weighted by molar-refractivity contribution is -0.139. The molecular weight excluding hydrogens is 520 g/mol. The maximum absolute atomic E-state index is 13.3. The van der Waals surface area contributed by atoms with E-state index in [9.17, 15) is 14.4 Å². The van der Waals surface area contributed by atoms with Crippen molar-refractivity contribution < 1.29 is 23.9 Å². The van der Waals surface area contributed by atoms with Crippen LogP contribution in [0.4, 0.5) is 4.79 Å². The summed E-state index contributed by atoms with van der Waals surface area (Å²) in [6.45, 7) is 8.46. The number of hydrogen-bond donors (Lipinski definition) is 1. The van der Waals surface area contributed by atoms with Crippen LogP contribution >= 0.6 is 11.6 Å². The van der Waals surface area contributed by atoms with Gasteiger partial charge in [-0.2, -0.15) is 0 Å². The third kappa shape index (κ3) is 6.43. The van der Waals surface area contributed by atoms with Crippen LogP contribution in [0.3, 0.4) is 0 Å². The van der Waals surface area contributed by atoms with Crippen molar-refractivity contribution in [2.45, 2.75) is 13.0 Å². The highest BCUT2D eigenvalue weighted by Gasteiger charge is 2.39. The number of esters is 1. The maximum atomic E-state index is 13.3. The first kappa shape index (κ1) is 28.2. The summed E-state index contributed by atoms with van der Waals surface area (Å²) in [5.41, 5.74) is 2.22. The Kier molecular flexibility index (Phi) is 9.27. The quantitative estimate of drug-likeness (QED) is 0.375. The van der Waals surface area contributed by atoms with E-state index in [1.165, 1.54) is 4.90 Å². The van der Waals surface area contributed by atoms with Gasteiger partial charge in [-0.1, -0.05) is 35.9 Å². The summed E-state index contributed by atoms with van der Waals surface area (Å²) < 4.78 is 10.7. The Hall–Kier alpha value is -3.82. The first-order valence-corrected chi connectivity index (χ1v) is 13.2. The van der Waals surface area contributed by atoms with Crippen LogP contribution in [0, 0.1) is 0 Å². The van der Waals surface area contributed by atoms with Crippen molar-refractivity contribution >= 4 is 29.5 Å². The number of amides is 3. The normalized spacial score (nSPS) is 18.0. The molecule has 1 fully saturated rings. The van der Waals surface area contributed by atoms with Gasteiger partial charge in [0.05, 0.1) is 25.3 Å². The maximum Gasteiger partial charge on any atom is 0.338 e. The fourth-order valence-electron chi connectivity index (χ4n) is 4.81. The molecule has 2 aliphatic rings. The molecule has 1 N–H and O–H groups in total. The van der Waals surface area contributed by atoms with E-state index in [1.54, 1.807) is 73.5 Å². The van der Waals surface area contributed by atoms with Crippen molar-refractivity contribution in [3.8, 4) is 5.75 Å². The Morgan fingerprint density at radius 2 is 1.85 bits per heavy atom. The number of rotatable bonds is 9. The van der Waals surface area contributed by atoms with Crippen LogP contribution in [-0.2, 0) is 9.53 Å². The second-order valence-corrected chi connectivity index (χ2v) is 9.65. The third-order valence-corrected chi connectivity index (χ3v) is 7.05. The van der Waals surface area contributed by atoms with Crippen molar-refractivity contribution in [3.63, 3.8) is 0 Å². The number of hydrogen-bond acceptors (Lipinski definition) is 6. The van der Waals surface area contributed by atoms with E-state index in [1.807, 2.05) is 0 Å². The number of halogens is 1. The molecule has 0 saturated carbocycles. The predicted molar refractivity (Wildman–Crippen MR) is 149 cm³/mol. The molecule has 206 valence electrons. The van der Waals surface area contributed by atoms with Crippen LogP contribution in [0.1, 0.15) is 28.9 Å². The highest BCUT2D eigenvalue weighted by molar-refractivity contribution is 6.30. The summed E-state index contributed by atoms with van der Waals surface area (Å²) >= 11 is 6.09. The van der Waals surface area contributed by atoms with Gasteiger partial charge < -0.3 is 19.7 Å². The third-order valence-electron chi connectivity index (χ3n) is 6.80. The van der Waals surface area contributed by atoms with Crippen molar-refractivity contribution in [2.24, 2.45) is 0 Å². The SMILES string of the molecule is C=CCN1C(=O)NC(c2ccc(Cl)cc2)C(C(=O)OCC)=C1CN1CCN(C(=O)c2cccc(OC)c2)CC1. The number of nitrogens with zero attached hydrogens (tertiary/aromatic N) is 3. The summed E-state index contributed by atoms with van der Waals surface area (Å²) in [5.74, 6) is 0.0764.